The van der Waals surface area contributed by atoms with E-state index in [1.807, 2.05) is 49.4 Å². The highest BCUT2D eigenvalue weighted by atomic mass is 16.7. The van der Waals surface area contributed by atoms with Gasteiger partial charge in [-0.2, -0.15) is 0 Å². The second kappa shape index (κ2) is 18.2. The topological polar surface area (TPSA) is 267 Å². The third-order valence-electron chi connectivity index (χ3n) is 14.0. The average Bonchev–Trinajstić information content (AvgIpc) is 4.14. The number of rotatable bonds is 15. The summed E-state index contributed by atoms with van der Waals surface area (Å²) >= 11 is 0. The Hall–Kier alpha value is -7.31. The molecule has 4 heterocycles. The van der Waals surface area contributed by atoms with E-state index in [0.29, 0.717) is 73.4 Å². The molecule has 6 aliphatic rings. The second-order valence-corrected chi connectivity index (χ2v) is 18.5. The Bertz CT molecular complexity index is 2920. The molecule has 362 valence electrons. The fourth-order valence-electron chi connectivity index (χ4n) is 10.5. The Kier molecular flexibility index (Phi) is 12.1. The fraction of sp³-hybridized carbons (Fsp3) is 0.340. The van der Waals surface area contributed by atoms with Crippen LogP contribution in [0.3, 0.4) is 0 Å². The van der Waals surface area contributed by atoms with Gasteiger partial charge in [0, 0.05) is 24.6 Å². The number of phenols is 2. The number of aromatic hydroxyl groups is 2. The van der Waals surface area contributed by atoms with Gasteiger partial charge in [-0.1, -0.05) is 61.0 Å². The number of nitrogens with zero attached hydrogens (tertiary/aromatic N) is 3. The molecule has 10 rings (SSSR count). The number of carboxylic acids is 1. The third kappa shape index (κ3) is 8.27. The standard InChI is InChI=1S/C53H52N4O13/c1-2-29-21-33(23-35(58)22-29)51(17-6-7-18-51)70-46-41(25-40-43(45(46)60)38(59)24-39(67-40)31-10-13-36(14-11-31)66-19-16-34-12-15-42(54)57-34)68-50-52(64)26-32(20-30-8-4-3-5-9-30)44(37-27-55-28-56-37)53(65,49(52)63)47(69-50)48(61)62/h3-5,8-15,21-26,28,39,44,47,49-50,54,58-60,63-65H,2,6-7,16-20,27H2,1H3,(H,61,62)/p+1. The van der Waals surface area contributed by atoms with Crippen molar-refractivity contribution < 1.29 is 69.6 Å². The summed E-state index contributed by atoms with van der Waals surface area (Å²) < 4.78 is 32.0. The van der Waals surface area contributed by atoms with Crippen molar-refractivity contribution in [1.82, 2.24) is 0 Å². The molecule has 0 spiro atoms. The molecular formula is C53H53N4O13+. The van der Waals surface area contributed by atoms with E-state index < -0.39 is 59.0 Å². The lowest BCUT2D eigenvalue weighted by Gasteiger charge is -2.57. The summed E-state index contributed by atoms with van der Waals surface area (Å²) in [5.41, 5.74) is -2.49. The van der Waals surface area contributed by atoms with Crippen LogP contribution in [0.15, 0.2) is 124 Å². The van der Waals surface area contributed by atoms with Crippen LogP contribution >= 0.6 is 0 Å². The van der Waals surface area contributed by atoms with Gasteiger partial charge in [-0.15, -0.1) is 0 Å². The Morgan fingerprint density at radius 1 is 0.957 bits per heavy atom. The number of carboxylic acid groups (broad SMARTS) is 1. The molecule has 7 unspecified atom stereocenters. The van der Waals surface area contributed by atoms with Crippen LogP contribution < -0.4 is 24.4 Å². The van der Waals surface area contributed by atoms with Gasteiger partial charge in [0.05, 0.1) is 24.8 Å². The molecule has 0 radical (unpaired) electrons. The zero-order chi connectivity index (χ0) is 49.0. The molecule has 1 saturated heterocycles. The van der Waals surface area contributed by atoms with Crippen molar-refractivity contribution in [1.29, 1.82) is 0 Å². The van der Waals surface area contributed by atoms with E-state index >= 15 is 0 Å². The summed E-state index contributed by atoms with van der Waals surface area (Å²) in [6, 6.07) is 22.6. The SMILES string of the molecule is CCc1cc(O)cc(C2(Oc3c(OC4OC(C(=O)O)C5(O)C(C6=NC=NC6)C(Cc6ccccc6)=CC4(O)C5O)cc4c(c3O)C(O)=CC(c3ccc(OCCC5=NC(=[NH2+])C=C5)cc3)O4)CCCC2)c1. The van der Waals surface area contributed by atoms with Gasteiger partial charge in [0.1, 0.15) is 58.3 Å². The third-order valence-corrected chi connectivity index (χ3v) is 14.0. The van der Waals surface area contributed by atoms with Crippen LogP contribution in [0.25, 0.3) is 5.76 Å². The number of aliphatic carboxylic acids is 1. The monoisotopic (exact) mass is 953 g/mol. The van der Waals surface area contributed by atoms with Crippen molar-refractivity contribution in [2.75, 3.05) is 13.2 Å². The molecule has 4 aromatic rings. The van der Waals surface area contributed by atoms with Gasteiger partial charge in [0.15, 0.2) is 28.9 Å². The zero-order valence-corrected chi connectivity index (χ0v) is 38.1. The minimum atomic E-state index is -2.70. The highest BCUT2D eigenvalue weighted by Gasteiger charge is 2.71. The molecular weight excluding hydrogens is 901 g/mol. The first-order chi connectivity index (χ1) is 33.7. The number of nitrogens with two attached hydrogens (primary N) is 1. The van der Waals surface area contributed by atoms with Crippen LogP contribution in [-0.2, 0) is 28.0 Å². The molecule has 2 aliphatic carbocycles. The van der Waals surface area contributed by atoms with Crippen LogP contribution in [0.1, 0.15) is 72.9 Å². The van der Waals surface area contributed by atoms with Crippen LogP contribution in [0, 0.1) is 5.92 Å². The molecule has 70 heavy (non-hydrogen) atoms. The smallest absolute Gasteiger partial charge is 0.336 e. The highest BCUT2D eigenvalue weighted by Crippen LogP contribution is 2.57. The molecule has 2 fully saturated rings. The number of phenolic OH excluding ortho intramolecular Hbond substituents is 2. The van der Waals surface area contributed by atoms with E-state index in [-0.39, 0.29) is 53.0 Å². The predicted octanol–water partition coefficient (Wildman–Crippen LogP) is 4.77. The number of aliphatic hydroxyl groups is 4. The summed E-state index contributed by atoms with van der Waals surface area (Å²) in [4.78, 5) is 26.1. The van der Waals surface area contributed by atoms with Crippen molar-refractivity contribution in [3.8, 4) is 34.5 Å². The number of aliphatic imine (C=N–C) groups is 3. The minimum Gasteiger partial charge on any atom is -0.508 e. The molecule has 0 aromatic heterocycles. The molecule has 4 aliphatic heterocycles. The van der Waals surface area contributed by atoms with Crippen molar-refractivity contribution >= 4 is 35.3 Å². The molecule has 4 aromatic carbocycles. The minimum absolute atomic E-state index is 0.00364. The van der Waals surface area contributed by atoms with E-state index in [2.05, 4.69) is 15.0 Å². The van der Waals surface area contributed by atoms with Gasteiger partial charge in [0.2, 0.25) is 12.0 Å². The largest absolute Gasteiger partial charge is 0.508 e. The second-order valence-electron chi connectivity index (χ2n) is 18.5. The Balaban J connectivity index is 1.06. The van der Waals surface area contributed by atoms with Crippen LogP contribution in [0.2, 0.25) is 0 Å². The Morgan fingerprint density at radius 2 is 1.73 bits per heavy atom. The van der Waals surface area contributed by atoms with Gasteiger partial charge in [-0.05, 0) is 102 Å². The molecule has 17 heteroatoms. The summed E-state index contributed by atoms with van der Waals surface area (Å²) in [6.45, 7) is 2.29. The summed E-state index contributed by atoms with van der Waals surface area (Å²) in [5.74, 6) is -3.65. The average molecular weight is 954 g/mol. The van der Waals surface area contributed by atoms with E-state index in [4.69, 9.17) is 29.1 Å². The summed E-state index contributed by atoms with van der Waals surface area (Å²) in [7, 11) is 0. The number of carbonyl (C=O) groups is 1. The summed E-state index contributed by atoms with van der Waals surface area (Å²) in [5, 5.41) is 89.3. The first-order valence-corrected chi connectivity index (χ1v) is 23.3. The van der Waals surface area contributed by atoms with Crippen LogP contribution in [-0.4, -0.2) is 108 Å². The molecule has 0 amide bonds. The van der Waals surface area contributed by atoms with Gasteiger partial charge >= 0.3 is 11.8 Å². The van der Waals surface area contributed by atoms with E-state index in [9.17, 15) is 40.5 Å². The number of aliphatic hydroxyl groups excluding tert-OH is 2. The molecule has 2 bridgehead atoms. The molecule has 7 atom stereocenters. The first kappa shape index (κ1) is 46.4. The maximum atomic E-state index is 13.3. The Morgan fingerprint density at radius 3 is 2.41 bits per heavy atom. The summed E-state index contributed by atoms with van der Waals surface area (Å²) in [6.07, 6.45) is 3.63. The molecule has 9 N–H and O–H groups in total. The lowest BCUT2D eigenvalue weighted by atomic mass is 9.60. The number of fused-ring (bicyclic) bond motifs is 3. The molecule has 17 nitrogen and oxygen atoms in total. The fourth-order valence-corrected chi connectivity index (χ4v) is 10.5. The van der Waals surface area contributed by atoms with Crippen molar-refractivity contribution in [3.63, 3.8) is 0 Å². The Labute approximate surface area is 402 Å². The number of benzene rings is 4. The van der Waals surface area contributed by atoms with Gasteiger partial charge in [-0.3, -0.25) is 10.4 Å². The maximum Gasteiger partial charge on any atom is 0.336 e. The van der Waals surface area contributed by atoms with Crippen molar-refractivity contribution in [2.24, 2.45) is 20.9 Å². The lowest BCUT2D eigenvalue weighted by Crippen LogP contribution is -2.79. The van der Waals surface area contributed by atoms with E-state index in [1.54, 1.807) is 42.5 Å². The highest BCUT2D eigenvalue weighted by molar-refractivity contribution is 6.13. The van der Waals surface area contributed by atoms with Crippen LogP contribution in [0.4, 0.5) is 0 Å². The number of hydrogen-bond acceptors (Lipinski definition) is 14. The number of aryl methyl sites for hydroxylation is 1. The van der Waals surface area contributed by atoms with Crippen molar-refractivity contribution in [3.05, 3.63) is 137 Å². The van der Waals surface area contributed by atoms with Gasteiger partial charge < -0.3 is 59.4 Å². The number of hydrogen-bond donors (Lipinski definition) is 8. The zero-order valence-electron chi connectivity index (χ0n) is 38.1. The van der Waals surface area contributed by atoms with Gasteiger partial charge in [0.25, 0.3) is 0 Å². The van der Waals surface area contributed by atoms with E-state index in [1.165, 1.54) is 24.6 Å². The van der Waals surface area contributed by atoms with Crippen LogP contribution in [0.5, 0.6) is 34.5 Å². The normalized spacial score (nSPS) is 27.2. The van der Waals surface area contributed by atoms with E-state index in [0.717, 1.165) is 16.8 Å². The number of amidine groups is 1. The number of allylic oxidation sites excluding steroid dienone is 1. The predicted molar refractivity (Wildman–Crippen MR) is 256 cm³/mol. The quantitative estimate of drug-likeness (QED) is 0.0748. The van der Waals surface area contributed by atoms with Gasteiger partial charge in [-0.25, -0.2) is 9.79 Å². The molecule has 1 saturated carbocycles. The number of ether oxygens (including phenoxy) is 5. The first-order valence-electron chi connectivity index (χ1n) is 23.3. The van der Waals surface area contributed by atoms with Crippen molar-refractivity contribution in [2.45, 2.75) is 93.3 Å². The maximum absolute atomic E-state index is 13.3. The lowest BCUT2D eigenvalue weighted by molar-refractivity contribution is -0.338.